The lowest BCUT2D eigenvalue weighted by Gasteiger charge is -2.37. The molecule has 0 amide bonds. The highest BCUT2D eigenvalue weighted by Crippen LogP contribution is 2.22. The fourth-order valence-corrected chi connectivity index (χ4v) is 4.26. The molecule has 1 unspecified atom stereocenters. The Morgan fingerprint density at radius 3 is 2.47 bits per heavy atom. The van der Waals surface area contributed by atoms with Crippen LogP contribution in [0, 0.1) is 0 Å². The molecule has 4 rings (SSSR count). The van der Waals surface area contributed by atoms with Crippen LogP contribution in [-0.4, -0.2) is 91.4 Å². The molecule has 1 N–H and O–H groups in total. The van der Waals surface area contributed by atoms with E-state index in [-0.39, 0.29) is 30.0 Å². The Labute approximate surface area is 208 Å². The molecule has 0 radical (unpaired) electrons. The lowest BCUT2D eigenvalue weighted by molar-refractivity contribution is 0.0179. The van der Waals surface area contributed by atoms with Crippen molar-refractivity contribution in [2.45, 2.75) is 19.5 Å². The highest BCUT2D eigenvalue weighted by Gasteiger charge is 2.24. The molecule has 2 fully saturated rings. The monoisotopic (exact) mass is 554 g/mol. The predicted octanol–water partition coefficient (Wildman–Crippen LogP) is 2.45. The third-order valence-electron chi connectivity index (χ3n) is 5.97. The lowest BCUT2D eigenvalue weighted by atomic mass is 10.0. The van der Waals surface area contributed by atoms with Gasteiger partial charge in [0.25, 0.3) is 0 Å². The second kappa shape index (κ2) is 13.1. The molecular formula is C23H35IN6O2. The number of piperazine rings is 1. The minimum absolute atomic E-state index is 0. The highest BCUT2D eigenvalue weighted by molar-refractivity contribution is 14.0. The van der Waals surface area contributed by atoms with Crippen LogP contribution >= 0.6 is 24.0 Å². The van der Waals surface area contributed by atoms with E-state index in [0.717, 1.165) is 83.8 Å². The van der Waals surface area contributed by atoms with Gasteiger partial charge in [0, 0.05) is 58.4 Å². The smallest absolute Gasteiger partial charge is 0.194 e. The number of benzene rings is 1. The van der Waals surface area contributed by atoms with Gasteiger partial charge in [-0.2, -0.15) is 0 Å². The van der Waals surface area contributed by atoms with Crippen LogP contribution in [0.5, 0.6) is 0 Å². The predicted molar refractivity (Wildman–Crippen MR) is 136 cm³/mol. The largest absolute Gasteiger partial charge is 0.379 e. The summed E-state index contributed by atoms with van der Waals surface area (Å²) in [6.45, 7) is 12.0. The Hall–Kier alpha value is -1.69. The maximum atomic E-state index is 5.58. The fourth-order valence-electron chi connectivity index (χ4n) is 4.26. The van der Waals surface area contributed by atoms with Gasteiger partial charge in [-0.05, 0) is 12.5 Å². The third kappa shape index (κ3) is 6.90. The summed E-state index contributed by atoms with van der Waals surface area (Å²) in [6.07, 6.45) is 1.64. The zero-order valence-corrected chi connectivity index (χ0v) is 21.2. The van der Waals surface area contributed by atoms with Crippen molar-refractivity contribution in [3.63, 3.8) is 0 Å². The molecule has 2 saturated heterocycles. The van der Waals surface area contributed by atoms with Gasteiger partial charge in [0.2, 0.25) is 0 Å². The Kier molecular flexibility index (Phi) is 10.2. The Morgan fingerprint density at radius 1 is 1.06 bits per heavy atom. The fraction of sp³-hybridized carbons (Fsp3) is 0.565. The molecule has 0 aliphatic carbocycles. The molecule has 1 atom stereocenters. The minimum atomic E-state index is 0. The van der Waals surface area contributed by atoms with Gasteiger partial charge < -0.3 is 19.5 Å². The number of nitrogens with one attached hydrogen (secondary N) is 1. The van der Waals surface area contributed by atoms with E-state index in [1.165, 1.54) is 5.56 Å². The lowest BCUT2D eigenvalue weighted by Crippen LogP contribution is -2.52. The first-order chi connectivity index (χ1) is 15.3. The average Bonchev–Trinajstić information content (AvgIpc) is 3.34. The van der Waals surface area contributed by atoms with Crippen LogP contribution < -0.4 is 5.32 Å². The molecule has 2 aromatic rings. The molecule has 0 bridgehead atoms. The molecule has 0 saturated carbocycles. The Balaban J connectivity index is 0.00000289. The van der Waals surface area contributed by atoms with Crippen LogP contribution in [0.15, 0.2) is 52.2 Å². The van der Waals surface area contributed by atoms with Crippen molar-refractivity contribution in [3.8, 4) is 0 Å². The number of rotatable bonds is 7. The van der Waals surface area contributed by atoms with Crippen LogP contribution in [0.3, 0.4) is 0 Å². The number of hydrogen-bond acceptors (Lipinski definition) is 6. The molecule has 2 aliphatic heterocycles. The first-order valence-corrected chi connectivity index (χ1v) is 11.3. The number of nitrogens with zero attached hydrogens (tertiary/aromatic N) is 5. The van der Waals surface area contributed by atoms with E-state index >= 15 is 0 Å². The van der Waals surface area contributed by atoms with Gasteiger partial charge in [-0.1, -0.05) is 35.5 Å². The zero-order valence-electron chi connectivity index (χ0n) is 18.9. The maximum Gasteiger partial charge on any atom is 0.194 e. The summed E-state index contributed by atoms with van der Waals surface area (Å²) in [7, 11) is 0. The molecule has 8 nitrogen and oxygen atoms in total. The summed E-state index contributed by atoms with van der Waals surface area (Å²) < 4.78 is 10.5. The first kappa shape index (κ1) is 24.9. The van der Waals surface area contributed by atoms with Gasteiger partial charge in [-0.3, -0.25) is 14.8 Å². The maximum absolute atomic E-state index is 5.58. The van der Waals surface area contributed by atoms with Crippen LogP contribution in [0.4, 0.5) is 0 Å². The quantitative estimate of drug-likeness (QED) is 0.321. The Bertz CT molecular complexity index is 790. The van der Waals surface area contributed by atoms with Gasteiger partial charge in [0.05, 0.1) is 31.5 Å². The number of halogens is 1. The van der Waals surface area contributed by atoms with Gasteiger partial charge >= 0.3 is 0 Å². The summed E-state index contributed by atoms with van der Waals surface area (Å²) in [5, 5.41) is 7.55. The van der Waals surface area contributed by atoms with E-state index in [1.807, 2.05) is 6.07 Å². The molecule has 32 heavy (non-hydrogen) atoms. The summed E-state index contributed by atoms with van der Waals surface area (Å²) in [5.41, 5.74) is 2.31. The molecule has 176 valence electrons. The molecule has 0 spiro atoms. The molecule has 1 aromatic carbocycles. The Morgan fingerprint density at radius 2 is 1.81 bits per heavy atom. The molecule has 3 heterocycles. The summed E-state index contributed by atoms with van der Waals surface area (Å²) in [4.78, 5) is 12.4. The van der Waals surface area contributed by atoms with Gasteiger partial charge in [-0.25, -0.2) is 0 Å². The van der Waals surface area contributed by atoms with E-state index in [4.69, 9.17) is 14.3 Å². The van der Waals surface area contributed by atoms with Crippen molar-refractivity contribution in [3.05, 3.63) is 53.9 Å². The van der Waals surface area contributed by atoms with E-state index in [9.17, 15) is 0 Å². The van der Waals surface area contributed by atoms with Crippen LogP contribution in [0.25, 0.3) is 0 Å². The van der Waals surface area contributed by atoms with Crippen LogP contribution in [0.1, 0.15) is 24.2 Å². The normalized spacial score (nSPS) is 19.4. The topological polar surface area (TPSA) is 69.4 Å². The van der Waals surface area contributed by atoms with Crippen molar-refractivity contribution in [1.29, 1.82) is 0 Å². The minimum Gasteiger partial charge on any atom is -0.379 e. The molecular weight excluding hydrogens is 519 g/mol. The third-order valence-corrected chi connectivity index (χ3v) is 5.97. The second-order valence-corrected chi connectivity index (χ2v) is 8.02. The van der Waals surface area contributed by atoms with Crippen molar-refractivity contribution in [1.82, 2.24) is 25.2 Å². The molecule has 9 heteroatoms. The van der Waals surface area contributed by atoms with E-state index in [2.05, 4.69) is 62.4 Å². The zero-order chi connectivity index (χ0) is 21.3. The summed E-state index contributed by atoms with van der Waals surface area (Å²) in [6, 6.07) is 12.9. The summed E-state index contributed by atoms with van der Waals surface area (Å²) in [5.74, 6) is 1.01. The van der Waals surface area contributed by atoms with Gasteiger partial charge in [0.15, 0.2) is 5.96 Å². The SMILES string of the molecule is CCNC(=NCC(c1ccccc1)N1CCOCC1)N1CCN(Cc2ccon2)CC1.I. The van der Waals surface area contributed by atoms with Crippen LogP contribution in [-0.2, 0) is 11.3 Å². The summed E-state index contributed by atoms with van der Waals surface area (Å²) >= 11 is 0. The number of guanidine groups is 1. The second-order valence-electron chi connectivity index (χ2n) is 8.02. The van der Waals surface area contributed by atoms with E-state index in [1.54, 1.807) is 6.26 Å². The standard InChI is InChI=1S/C23H34N6O2.HI/c1-2-24-23(29-11-9-27(10-12-29)19-21-8-15-31-26-21)25-18-22(20-6-4-3-5-7-20)28-13-16-30-17-14-28;/h3-8,15,22H,2,9-14,16-19H2,1H3,(H,24,25);1H. The average molecular weight is 554 g/mol. The number of hydrogen-bond donors (Lipinski definition) is 1. The van der Waals surface area contributed by atoms with E-state index in [0.29, 0.717) is 0 Å². The van der Waals surface area contributed by atoms with Gasteiger partial charge in [0.1, 0.15) is 6.26 Å². The first-order valence-electron chi connectivity index (χ1n) is 11.3. The van der Waals surface area contributed by atoms with Gasteiger partial charge in [-0.15, -0.1) is 24.0 Å². The van der Waals surface area contributed by atoms with Crippen molar-refractivity contribution in [2.75, 3.05) is 65.6 Å². The highest BCUT2D eigenvalue weighted by atomic mass is 127. The number of aliphatic imine (C=N–C) groups is 1. The number of morpholine rings is 1. The number of aromatic nitrogens is 1. The number of ether oxygens (including phenoxy) is 1. The van der Waals surface area contributed by atoms with Crippen molar-refractivity contribution < 1.29 is 9.26 Å². The van der Waals surface area contributed by atoms with E-state index < -0.39 is 0 Å². The van der Waals surface area contributed by atoms with Crippen molar-refractivity contribution in [2.24, 2.45) is 4.99 Å². The van der Waals surface area contributed by atoms with Crippen molar-refractivity contribution >= 4 is 29.9 Å². The molecule has 1 aromatic heterocycles. The van der Waals surface area contributed by atoms with Crippen LogP contribution in [0.2, 0.25) is 0 Å². The molecule has 2 aliphatic rings.